The van der Waals surface area contributed by atoms with Gasteiger partial charge in [-0.15, -0.1) is 0 Å². The zero-order chi connectivity index (χ0) is 24.1. The van der Waals surface area contributed by atoms with Gasteiger partial charge in [0.05, 0.1) is 43.6 Å². The quantitative estimate of drug-likeness (QED) is 0.429. The van der Waals surface area contributed by atoms with Crippen LogP contribution >= 0.6 is 11.6 Å². The van der Waals surface area contributed by atoms with Crippen molar-refractivity contribution in [2.24, 2.45) is 0 Å². The van der Waals surface area contributed by atoms with Crippen LogP contribution in [0.4, 0.5) is 22.9 Å². The molecule has 2 aromatic carbocycles. The SMILES string of the molecule is CS(=O)(=O)Nc1ccccc1Nc1nc(Cc2ccc(N3CCOCC3)cc2CO)ncc1Cl. The highest BCUT2D eigenvalue weighted by molar-refractivity contribution is 7.92. The maximum absolute atomic E-state index is 11.7. The van der Waals surface area contributed by atoms with E-state index >= 15 is 0 Å². The molecule has 4 rings (SSSR count). The van der Waals surface area contributed by atoms with E-state index in [-0.39, 0.29) is 6.61 Å². The van der Waals surface area contributed by atoms with Gasteiger partial charge >= 0.3 is 0 Å². The molecule has 1 aliphatic heterocycles. The Kier molecular flexibility index (Phi) is 7.52. The Balaban J connectivity index is 1.56. The fourth-order valence-electron chi connectivity index (χ4n) is 3.71. The third-order valence-corrected chi connectivity index (χ3v) is 6.22. The summed E-state index contributed by atoms with van der Waals surface area (Å²) in [6.45, 7) is 2.90. The predicted molar refractivity (Wildman–Crippen MR) is 133 cm³/mol. The number of nitrogens with zero attached hydrogens (tertiary/aromatic N) is 3. The van der Waals surface area contributed by atoms with Crippen molar-refractivity contribution in [3.8, 4) is 0 Å². The monoisotopic (exact) mass is 503 g/mol. The Bertz CT molecular complexity index is 1270. The van der Waals surface area contributed by atoms with Gasteiger partial charge in [0.25, 0.3) is 0 Å². The first kappa shape index (κ1) is 24.2. The van der Waals surface area contributed by atoms with Crippen LogP contribution < -0.4 is 14.9 Å². The van der Waals surface area contributed by atoms with E-state index in [1.54, 1.807) is 24.3 Å². The van der Waals surface area contributed by atoms with E-state index in [1.165, 1.54) is 6.20 Å². The minimum absolute atomic E-state index is 0.100. The van der Waals surface area contributed by atoms with Crippen molar-refractivity contribution in [1.82, 2.24) is 9.97 Å². The molecule has 2 heterocycles. The number of ether oxygens (including phenoxy) is 1. The predicted octanol–water partition coefficient (Wildman–Crippen LogP) is 3.16. The normalized spacial score (nSPS) is 14.1. The Labute approximate surface area is 203 Å². The lowest BCUT2D eigenvalue weighted by Gasteiger charge is -2.29. The number of nitrogens with one attached hydrogen (secondary N) is 2. The molecule has 1 aromatic heterocycles. The number of benzene rings is 2. The average molecular weight is 504 g/mol. The van der Waals surface area contributed by atoms with Crippen LogP contribution in [0.1, 0.15) is 17.0 Å². The van der Waals surface area contributed by atoms with Gasteiger partial charge in [-0.3, -0.25) is 4.72 Å². The summed E-state index contributed by atoms with van der Waals surface area (Å²) >= 11 is 6.32. The van der Waals surface area contributed by atoms with Gasteiger partial charge in [0.2, 0.25) is 10.0 Å². The molecule has 3 aromatic rings. The smallest absolute Gasteiger partial charge is 0.229 e. The molecule has 0 radical (unpaired) electrons. The molecular formula is C23H26ClN5O4S. The van der Waals surface area contributed by atoms with Crippen LogP contribution in [0.5, 0.6) is 0 Å². The van der Waals surface area contributed by atoms with Crippen molar-refractivity contribution in [1.29, 1.82) is 0 Å². The molecule has 11 heteroatoms. The number of hydrogen-bond acceptors (Lipinski definition) is 8. The second-order valence-corrected chi connectivity index (χ2v) is 10.1. The first-order valence-corrected chi connectivity index (χ1v) is 13.0. The second-order valence-electron chi connectivity index (χ2n) is 7.91. The molecule has 34 heavy (non-hydrogen) atoms. The lowest BCUT2D eigenvalue weighted by atomic mass is 10.0. The number of aliphatic hydroxyl groups excluding tert-OH is 1. The third kappa shape index (κ3) is 6.15. The van der Waals surface area contributed by atoms with E-state index < -0.39 is 10.0 Å². The Morgan fingerprint density at radius 2 is 1.85 bits per heavy atom. The number of aliphatic hydroxyl groups is 1. The van der Waals surface area contributed by atoms with E-state index in [0.717, 1.165) is 36.2 Å². The number of aromatic nitrogens is 2. The Morgan fingerprint density at radius 1 is 1.12 bits per heavy atom. The number of para-hydroxylation sites is 2. The summed E-state index contributed by atoms with van der Waals surface area (Å²) in [7, 11) is -3.46. The van der Waals surface area contributed by atoms with Crippen LogP contribution in [0.25, 0.3) is 0 Å². The summed E-state index contributed by atoms with van der Waals surface area (Å²) in [5.41, 5.74) is 3.64. The molecular weight excluding hydrogens is 478 g/mol. The number of rotatable bonds is 8. The number of halogens is 1. The largest absolute Gasteiger partial charge is 0.392 e. The molecule has 0 saturated carbocycles. The van der Waals surface area contributed by atoms with Crippen molar-refractivity contribution in [2.45, 2.75) is 13.0 Å². The first-order valence-electron chi connectivity index (χ1n) is 10.7. The fourth-order valence-corrected chi connectivity index (χ4v) is 4.42. The highest BCUT2D eigenvalue weighted by Crippen LogP contribution is 2.29. The van der Waals surface area contributed by atoms with Crippen LogP contribution in [0, 0.1) is 0 Å². The number of sulfonamides is 1. The lowest BCUT2D eigenvalue weighted by molar-refractivity contribution is 0.122. The Hall–Kier alpha value is -2.92. The number of anilines is 4. The summed E-state index contributed by atoms with van der Waals surface area (Å²) in [5.74, 6) is 0.860. The molecule has 180 valence electrons. The van der Waals surface area contributed by atoms with Crippen LogP contribution in [0.2, 0.25) is 5.02 Å². The van der Waals surface area contributed by atoms with Gasteiger partial charge in [0.1, 0.15) is 10.8 Å². The molecule has 0 spiro atoms. The van der Waals surface area contributed by atoms with Crippen molar-refractivity contribution in [2.75, 3.05) is 47.5 Å². The summed E-state index contributed by atoms with van der Waals surface area (Å²) in [5, 5.41) is 13.3. The van der Waals surface area contributed by atoms with Gasteiger partial charge < -0.3 is 20.1 Å². The van der Waals surface area contributed by atoms with Gasteiger partial charge in [0.15, 0.2) is 5.82 Å². The molecule has 0 atom stereocenters. The van der Waals surface area contributed by atoms with Crippen molar-refractivity contribution in [3.05, 3.63) is 70.6 Å². The number of morpholine rings is 1. The van der Waals surface area contributed by atoms with Crippen molar-refractivity contribution < 1.29 is 18.3 Å². The minimum atomic E-state index is -3.46. The van der Waals surface area contributed by atoms with Gasteiger partial charge in [-0.1, -0.05) is 29.8 Å². The highest BCUT2D eigenvalue weighted by atomic mass is 35.5. The van der Waals surface area contributed by atoms with E-state index in [9.17, 15) is 13.5 Å². The average Bonchev–Trinajstić information content (AvgIpc) is 2.82. The summed E-state index contributed by atoms with van der Waals surface area (Å²) in [4.78, 5) is 11.1. The van der Waals surface area contributed by atoms with Gasteiger partial charge in [-0.05, 0) is 35.4 Å². The Morgan fingerprint density at radius 3 is 2.56 bits per heavy atom. The summed E-state index contributed by atoms with van der Waals surface area (Å²) in [6.07, 6.45) is 2.98. The minimum Gasteiger partial charge on any atom is -0.392 e. The standard InChI is InChI=1S/C23H26ClN5O4S/c1-34(31,32)28-21-5-3-2-4-20(21)26-23-19(24)14-25-22(27-23)13-16-6-7-18(12-17(16)15-30)29-8-10-33-11-9-29/h2-7,12,14,28,30H,8-11,13,15H2,1H3,(H,25,26,27). The first-order chi connectivity index (χ1) is 16.3. The molecule has 0 unspecified atom stereocenters. The van der Waals surface area contributed by atoms with Crippen molar-refractivity contribution >= 4 is 44.5 Å². The maximum Gasteiger partial charge on any atom is 0.229 e. The number of hydrogen-bond donors (Lipinski definition) is 3. The molecule has 0 bridgehead atoms. The molecule has 9 nitrogen and oxygen atoms in total. The van der Waals surface area contributed by atoms with Crippen molar-refractivity contribution in [3.63, 3.8) is 0 Å². The molecule has 0 amide bonds. The molecule has 1 fully saturated rings. The topological polar surface area (TPSA) is 117 Å². The van der Waals surface area contributed by atoms with Crippen LogP contribution in [-0.4, -0.2) is 56.1 Å². The lowest BCUT2D eigenvalue weighted by Crippen LogP contribution is -2.36. The molecule has 0 aliphatic carbocycles. The molecule has 3 N–H and O–H groups in total. The van der Waals surface area contributed by atoms with Crippen LogP contribution in [0.3, 0.4) is 0 Å². The zero-order valence-corrected chi connectivity index (χ0v) is 20.2. The van der Waals surface area contributed by atoms with E-state index in [1.807, 2.05) is 18.2 Å². The van der Waals surface area contributed by atoms with Gasteiger partial charge in [0, 0.05) is 25.2 Å². The van der Waals surface area contributed by atoms with E-state index in [2.05, 4.69) is 24.9 Å². The van der Waals surface area contributed by atoms with Gasteiger partial charge in [-0.2, -0.15) is 0 Å². The second kappa shape index (κ2) is 10.6. The summed E-state index contributed by atoms with van der Waals surface area (Å²) in [6, 6.07) is 12.9. The maximum atomic E-state index is 11.7. The van der Waals surface area contributed by atoms with Crippen LogP contribution in [-0.2, 0) is 27.8 Å². The summed E-state index contributed by atoms with van der Waals surface area (Å²) < 4.78 is 31.3. The van der Waals surface area contributed by atoms with E-state index in [4.69, 9.17) is 16.3 Å². The molecule has 1 aliphatic rings. The zero-order valence-electron chi connectivity index (χ0n) is 18.7. The highest BCUT2D eigenvalue weighted by Gasteiger charge is 2.15. The molecule has 1 saturated heterocycles. The van der Waals surface area contributed by atoms with Crippen LogP contribution in [0.15, 0.2) is 48.7 Å². The third-order valence-electron chi connectivity index (χ3n) is 5.35. The fraction of sp³-hybridized carbons (Fsp3) is 0.304. The van der Waals surface area contributed by atoms with E-state index in [0.29, 0.717) is 47.7 Å². The van der Waals surface area contributed by atoms with Gasteiger partial charge in [-0.25, -0.2) is 18.4 Å².